The molecule has 0 N–H and O–H groups in total. The molecule has 2 aromatic rings. The number of hydrogen-bond acceptors (Lipinski definition) is 3. The van der Waals surface area contributed by atoms with Crippen molar-refractivity contribution in [2.45, 2.75) is 0 Å². The molecule has 0 aliphatic carbocycles. The summed E-state index contributed by atoms with van der Waals surface area (Å²) in [6, 6.07) is 12.1. The maximum Gasteiger partial charge on any atom is 0.260 e. The third kappa shape index (κ3) is 3.68. The van der Waals surface area contributed by atoms with E-state index in [-0.39, 0.29) is 5.56 Å². The van der Waals surface area contributed by atoms with E-state index < -0.39 is 21.7 Å². The zero-order valence-electron chi connectivity index (χ0n) is 13.0. The number of carbonyl (C=O) groups is 1. The maximum absolute atomic E-state index is 13.7. The van der Waals surface area contributed by atoms with Crippen LogP contribution in [0, 0.1) is 5.82 Å². The molecule has 0 aliphatic heterocycles. The first kappa shape index (κ1) is 17.0. The molecular weight excluding hydrogens is 319 g/mol. The summed E-state index contributed by atoms with van der Waals surface area (Å²) >= 11 is 0. The van der Waals surface area contributed by atoms with Gasteiger partial charge in [0.05, 0.1) is 17.5 Å². The van der Waals surface area contributed by atoms with E-state index in [1.165, 1.54) is 37.2 Å². The molecule has 0 fully saturated rings. The van der Waals surface area contributed by atoms with Gasteiger partial charge in [-0.25, -0.2) is 12.8 Å². The first-order valence-electron chi connectivity index (χ1n) is 6.78. The Morgan fingerprint density at radius 3 is 2.00 bits per heavy atom. The zero-order valence-corrected chi connectivity index (χ0v) is 13.8. The van der Waals surface area contributed by atoms with E-state index in [1.807, 2.05) is 0 Å². The van der Waals surface area contributed by atoms with Crippen LogP contribution in [0.3, 0.4) is 0 Å². The number of benzene rings is 2. The Labute approximate surface area is 135 Å². The lowest BCUT2D eigenvalue weighted by atomic mass is 10.1. The van der Waals surface area contributed by atoms with Gasteiger partial charge in [-0.1, -0.05) is 12.1 Å². The van der Waals surface area contributed by atoms with Gasteiger partial charge in [-0.05, 0) is 36.4 Å². The molecule has 0 unspecified atom stereocenters. The summed E-state index contributed by atoms with van der Waals surface area (Å²) in [6.07, 6.45) is 1.11. The molecule has 1 amide bonds. The fourth-order valence-corrected chi connectivity index (χ4v) is 2.51. The van der Waals surface area contributed by atoms with E-state index in [0.717, 1.165) is 10.6 Å². The van der Waals surface area contributed by atoms with Crippen molar-refractivity contribution >= 4 is 27.3 Å². The molecule has 2 aromatic carbocycles. The molecule has 0 heterocycles. The largest absolute Gasteiger partial charge is 0.311 e. The highest BCUT2D eigenvalue weighted by Gasteiger charge is 2.18. The highest BCUT2D eigenvalue weighted by Crippen LogP contribution is 2.22. The average molecular weight is 336 g/mol. The van der Waals surface area contributed by atoms with Crippen molar-refractivity contribution < 1.29 is 17.6 Å². The Bertz CT molecular complexity index is 819. The van der Waals surface area contributed by atoms with E-state index in [4.69, 9.17) is 0 Å². The molecule has 0 atom stereocenters. The Hall–Kier alpha value is -2.41. The van der Waals surface area contributed by atoms with Gasteiger partial charge >= 0.3 is 0 Å². The van der Waals surface area contributed by atoms with E-state index in [9.17, 15) is 17.6 Å². The molecule has 0 saturated heterocycles. The first-order valence-corrected chi connectivity index (χ1v) is 8.63. The first-order chi connectivity index (χ1) is 10.7. The van der Waals surface area contributed by atoms with Crippen molar-refractivity contribution in [1.82, 2.24) is 0 Å². The second-order valence-electron chi connectivity index (χ2n) is 5.09. The fourth-order valence-electron chi connectivity index (χ4n) is 2.01. The number of sulfonamides is 1. The maximum atomic E-state index is 13.7. The molecule has 122 valence electrons. The number of anilines is 2. The molecule has 5 nitrogen and oxygen atoms in total. The molecular formula is C16H17FN2O3S. The predicted octanol–water partition coefficient (Wildman–Crippen LogP) is 2.50. The second kappa shape index (κ2) is 6.37. The SMILES string of the molecule is CN(C(=O)c1ccccc1F)c1ccc(N(C)S(C)(=O)=O)cc1. The summed E-state index contributed by atoms with van der Waals surface area (Å²) < 4.78 is 37.8. The summed E-state index contributed by atoms with van der Waals surface area (Å²) in [5, 5.41) is 0. The van der Waals surface area contributed by atoms with Crippen LogP contribution in [0.2, 0.25) is 0 Å². The van der Waals surface area contributed by atoms with Crippen molar-refractivity contribution in [2.75, 3.05) is 29.6 Å². The summed E-state index contributed by atoms with van der Waals surface area (Å²) in [5.74, 6) is -1.06. The van der Waals surface area contributed by atoms with Crippen LogP contribution in [0.5, 0.6) is 0 Å². The molecule has 7 heteroatoms. The van der Waals surface area contributed by atoms with Crippen molar-refractivity contribution in [3.05, 3.63) is 59.9 Å². The molecule has 0 aromatic heterocycles. The fraction of sp³-hybridized carbons (Fsp3) is 0.188. The molecule has 0 saturated carbocycles. The van der Waals surface area contributed by atoms with Crippen LogP contribution >= 0.6 is 0 Å². The number of nitrogens with zero attached hydrogens (tertiary/aromatic N) is 2. The Morgan fingerprint density at radius 1 is 0.957 bits per heavy atom. The smallest absolute Gasteiger partial charge is 0.260 e. The zero-order chi connectivity index (χ0) is 17.2. The monoisotopic (exact) mass is 336 g/mol. The van der Waals surface area contributed by atoms with Crippen LogP contribution in [0.4, 0.5) is 15.8 Å². The van der Waals surface area contributed by atoms with E-state index in [0.29, 0.717) is 11.4 Å². The molecule has 0 aliphatic rings. The Kier molecular flexibility index (Phi) is 4.70. The number of hydrogen-bond donors (Lipinski definition) is 0. The number of rotatable bonds is 4. The van der Waals surface area contributed by atoms with E-state index in [1.54, 1.807) is 30.3 Å². The van der Waals surface area contributed by atoms with Crippen LogP contribution in [0.1, 0.15) is 10.4 Å². The predicted molar refractivity (Wildman–Crippen MR) is 88.8 cm³/mol. The van der Waals surface area contributed by atoms with Gasteiger partial charge in [0.2, 0.25) is 10.0 Å². The minimum absolute atomic E-state index is 0.0210. The van der Waals surface area contributed by atoms with Gasteiger partial charge < -0.3 is 4.90 Å². The molecule has 0 radical (unpaired) electrons. The van der Waals surface area contributed by atoms with Crippen LogP contribution in [-0.2, 0) is 10.0 Å². The quantitative estimate of drug-likeness (QED) is 0.862. The van der Waals surface area contributed by atoms with Crippen LogP contribution in [0.25, 0.3) is 0 Å². The van der Waals surface area contributed by atoms with Gasteiger partial charge in [-0.3, -0.25) is 9.10 Å². The van der Waals surface area contributed by atoms with Crippen molar-refractivity contribution in [3.8, 4) is 0 Å². The van der Waals surface area contributed by atoms with Crippen LogP contribution in [-0.4, -0.2) is 34.7 Å². The summed E-state index contributed by atoms with van der Waals surface area (Å²) in [7, 11) is -0.376. The molecule has 0 spiro atoms. The summed E-state index contributed by atoms with van der Waals surface area (Å²) in [6.45, 7) is 0. The minimum atomic E-state index is -3.35. The molecule has 0 bridgehead atoms. The molecule has 2 rings (SSSR count). The van der Waals surface area contributed by atoms with Crippen molar-refractivity contribution in [1.29, 1.82) is 0 Å². The topological polar surface area (TPSA) is 57.7 Å². The van der Waals surface area contributed by atoms with Crippen LogP contribution < -0.4 is 9.21 Å². The number of carbonyl (C=O) groups excluding carboxylic acids is 1. The number of halogens is 1. The van der Waals surface area contributed by atoms with Gasteiger partial charge in [0, 0.05) is 19.8 Å². The Balaban J connectivity index is 2.26. The van der Waals surface area contributed by atoms with Gasteiger partial charge in [0.25, 0.3) is 5.91 Å². The highest BCUT2D eigenvalue weighted by atomic mass is 32.2. The lowest BCUT2D eigenvalue weighted by Gasteiger charge is -2.20. The third-order valence-electron chi connectivity index (χ3n) is 3.51. The highest BCUT2D eigenvalue weighted by molar-refractivity contribution is 7.92. The normalized spacial score (nSPS) is 11.1. The number of amides is 1. The lowest BCUT2D eigenvalue weighted by molar-refractivity contribution is 0.0989. The molecule has 23 heavy (non-hydrogen) atoms. The van der Waals surface area contributed by atoms with Crippen molar-refractivity contribution in [2.24, 2.45) is 0 Å². The summed E-state index contributed by atoms with van der Waals surface area (Å²) in [4.78, 5) is 13.6. The van der Waals surface area contributed by atoms with Gasteiger partial charge in [-0.2, -0.15) is 0 Å². The van der Waals surface area contributed by atoms with Crippen molar-refractivity contribution in [3.63, 3.8) is 0 Å². The lowest BCUT2D eigenvalue weighted by Crippen LogP contribution is -2.27. The van der Waals surface area contributed by atoms with E-state index in [2.05, 4.69) is 0 Å². The van der Waals surface area contributed by atoms with Crippen LogP contribution in [0.15, 0.2) is 48.5 Å². The second-order valence-corrected chi connectivity index (χ2v) is 7.10. The van der Waals surface area contributed by atoms with Gasteiger partial charge in [0.1, 0.15) is 5.82 Å². The van der Waals surface area contributed by atoms with Gasteiger partial charge in [0.15, 0.2) is 0 Å². The van der Waals surface area contributed by atoms with E-state index >= 15 is 0 Å². The van der Waals surface area contributed by atoms with Gasteiger partial charge in [-0.15, -0.1) is 0 Å². The minimum Gasteiger partial charge on any atom is -0.311 e. The third-order valence-corrected chi connectivity index (χ3v) is 4.71. The average Bonchev–Trinajstić information content (AvgIpc) is 2.52. The standard InChI is InChI=1S/C16H17FN2O3S/c1-18(16(20)14-6-4-5-7-15(14)17)12-8-10-13(11-9-12)19(2)23(3,21)22/h4-11H,1-3H3. The summed E-state index contributed by atoms with van der Waals surface area (Å²) in [5.41, 5.74) is 0.985. The Morgan fingerprint density at radius 2 is 1.48 bits per heavy atom.